The number of esters is 2. The predicted molar refractivity (Wildman–Crippen MR) is 114 cm³/mol. The molecule has 1 N–H and O–H groups in total. The number of carbonyl (C=O) groups excluding carboxylic acids is 4. The average Bonchev–Trinajstić information content (AvgIpc) is 3.10. The second-order valence-electron chi connectivity index (χ2n) is 7.63. The van der Waals surface area contributed by atoms with Gasteiger partial charge in [-0.15, -0.1) is 0 Å². The fourth-order valence-corrected chi connectivity index (χ4v) is 3.44. The van der Waals surface area contributed by atoms with Crippen LogP contribution in [0.5, 0.6) is 0 Å². The van der Waals surface area contributed by atoms with Crippen molar-refractivity contribution in [3.8, 4) is 0 Å². The highest BCUT2D eigenvalue weighted by Gasteiger charge is 2.39. The van der Waals surface area contributed by atoms with E-state index in [0.717, 1.165) is 10.5 Å². The van der Waals surface area contributed by atoms with Crippen LogP contribution in [-0.2, 0) is 25.6 Å². The largest absolute Gasteiger partial charge is 0.465 e. The van der Waals surface area contributed by atoms with E-state index < -0.39 is 30.1 Å². The van der Waals surface area contributed by atoms with Gasteiger partial charge < -0.3 is 24.4 Å². The number of fused-ring (bicyclic) bond motifs is 1. The summed E-state index contributed by atoms with van der Waals surface area (Å²) in [4.78, 5) is 51.9. The molecule has 0 aromatic heterocycles. The Hall–Kier alpha value is -3.72. The number of hydrogen-bond acceptors (Lipinski definition) is 7. The van der Waals surface area contributed by atoms with Crippen molar-refractivity contribution in [3.05, 3.63) is 65.2 Å². The van der Waals surface area contributed by atoms with Gasteiger partial charge in [-0.3, -0.25) is 9.59 Å². The maximum Gasteiger partial charge on any atom is 0.340 e. The van der Waals surface area contributed by atoms with Crippen molar-refractivity contribution < 1.29 is 33.8 Å². The van der Waals surface area contributed by atoms with E-state index in [2.05, 4.69) is 0 Å². The summed E-state index contributed by atoms with van der Waals surface area (Å²) in [5.41, 5.74) is -0.218. The summed E-state index contributed by atoms with van der Waals surface area (Å²) in [6.45, 7) is 0.556. The molecule has 0 spiro atoms. The van der Waals surface area contributed by atoms with Crippen molar-refractivity contribution in [2.24, 2.45) is 0 Å². The first-order valence-electron chi connectivity index (χ1n) is 9.86. The Bertz CT molecular complexity index is 1060. The topological polar surface area (TPSA) is 113 Å². The van der Waals surface area contributed by atoms with E-state index in [4.69, 9.17) is 9.47 Å². The zero-order chi connectivity index (χ0) is 23.5. The lowest BCUT2D eigenvalue weighted by Gasteiger charge is -2.27. The molecular weight excluding hydrogens is 416 g/mol. The molecule has 0 aliphatic carbocycles. The van der Waals surface area contributed by atoms with Gasteiger partial charge in [0, 0.05) is 19.2 Å². The number of aliphatic hydroxyl groups is 1. The third-order valence-electron chi connectivity index (χ3n) is 5.21. The Morgan fingerprint density at radius 1 is 1.12 bits per heavy atom. The summed E-state index contributed by atoms with van der Waals surface area (Å²) in [5, 5.41) is 10.6. The van der Waals surface area contributed by atoms with Crippen LogP contribution in [0.3, 0.4) is 0 Å². The SMILES string of the molecule is COC(=O)c1ccccc1N(C)C(=O)COC(=O)C(C)(O)CN1Cc2ccccc2C1=O. The smallest absolute Gasteiger partial charge is 0.340 e. The molecule has 0 bridgehead atoms. The molecule has 1 aliphatic heterocycles. The molecule has 0 fully saturated rings. The minimum atomic E-state index is -2.01. The molecule has 0 radical (unpaired) electrons. The second kappa shape index (κ2) is 9.19. The van der Waals surface area contributed by atoms with Gasteiger partial charge in [0.2, 0.25) is 0 Å². The molecule has 0 saturated heterocycles. The predicted octanol–water partition coefficient (Wildman–Crippen LogP) is 1.39. The molecule has 9 heteroatoms. The Labute approximate surface area is 185 Å². The maximum atomic E-state index is 12.5. The number of nitrogens with zero attached hydrogens (tertiary/aromatic N) is 2. The first kappa shape index (κ1) is 23.0. The molecule has 0 saturated carbocycles. The average molecular weight is 440 g/mol. The monoisotopic (exact) mass is 440 g/mol. The summed E-state index contributed by atoms with van der Waals surface area (Å²) in [5.74, 6) is -2.56. The van der Waals surface area contributed by atoms with Crippen LogP contribution in [0.15, 0.2) is 48.5 Å². The number of ether oxygens (including phenoxy) is 2. The Morgan fingerprint density at radius 3 is 2.47 bits per heavy atom. The standard InChI is InChI=1S/C23H24N2O7/c1-23(30,14-25-12-15-8-4-5-9-16(15)20(25)27)22(29)32-13-19(26)24(2)18-11-7-6-10-17(18)21(28)31-3/h4-11,30H,12-14H2,1-3H3. The Morgan fingerprint density at radius 2 is 1.78 bits per heavy atom. The van der Waals surface area contributed by atoms with Crippen molar-refractivity contribution in [2.45, 2.75) is 19.1 Å². The van der Waals surface area contributed by atoms with E-state index in [9.17, 15) is 24.3 Å². The highest BCUT2D eigenvalue weighted by molar-refractivity contribution is 6.03. The summed E-state index contributed by atoms with van der Waals surface area (Å²) in [7, 11) is 2.66. The van der Waals surface area contributed by atoms with Crippen LogP contribution in [0.1, 0.15) is 33.2 Å². The number of para-hydroxylation sites is 1. The van der Waals surface area contributed by atoms with Crippen LogP contribution in [0.2, 0.25) is 0 Å². The summed E-state index contributed by atoms with van der Waals surface area (Å²) in [6.07, 6.45) is 0. The number of benzene rings is 2. The van der Waals surface area contributed by atoms with Crippen LogP contribution in [-0.4, -0.2) is 66.7 Å². The van der Waals surface area contributed by atoms with Crippen molar-refractivity contribution in [1.29, 1.82) is 0 Å². The number of hydrogen-bond donors (Lipinski definition) is 1. The summed E-state index contributed by atoms with van der Waals surface area (Å²) < 4.78 is 9.74. The maximum absolute atomic E-state index is 12.5. The van der Waals surface area contributed by atoms with Gasteiger partial charge in [0.05, 0.1) is 24.9 Å². The quantitative estimate of drug-likeness (QED) is 0.647. The highest BCUT2D eigenvalue weighted by Crippen LogP contribution is 2.25. The fraction of sp³-hybridized carbons (Fsp3) is 0.304. The number of methoxy groups -OCH3 is 1. The fourth-order valence-electron chi connectivity index (χ4n) is 3.44. The molecule has 1 aliphatic rings. The van der Waals surface area contributed by atoms with Crippen LogP contribution >= 0.6 is 0 Å². The highest BCUT2D eigenvalue weighted by atomic mass is 16.6. The lowest BCUT2D eigenvalue weighted by molar-refractivity contribution is -0.166. The molecular formula is C23H24N2O7. The van der Waals surface area contributed by atoms with E-state index in [1.807, 2.05) is 6.07 Å². The van der Waals surface area contributed by atoms with E-state index in [0.29, 0.717) is 5.56 Å². The van der Waals surface area contributed by atoms with Crippen LogP contribution in [0, 0.1) is 0 Å². The van der Waals surface area contributed by atoms with Crippen molar-refractivity contribution >= 4 is 29.4 Å². The molecule has 1 atom stereocenters. The number of rotatable bonds is 7. The molecule has 2 aromatic carbocycles. The number of β-amino-alcohol motifs (C(OH)–C–C–N with tert-alkyl or cyclic N) is 1. The van der Waals surface area contributed by atoms with Gasteiger partial charge in [0.15, 0.2) is 12.2 Å². The molecule has 32 heavy (non-hydrogen) atoms. The van der Waals surface area contributed by atoms with Gasteiger partial charge in [-0.25, -0.2) is 9.59 Å². The molecule has 2 aromatic rings. The van der Waals surface area contributed by atoms with Crippen LogP contribution in [0.4, 0.5) is 5.69 Å². The van der Waals surface area contributed by atoms with Gasteiger partial charge in [0.25, 0.3) is 11.8 Å². The third-order valence-corrected chi connectivity index (χ3v) is 5.21. The molecule has 1 unspecified atom stereocenters. The summed E-state index contributed by atoms with van der Waals surface area (Å²) >= 11 is 0. The molecule has 9 nitrogen and oxygen atoms in total. The second-order valence-corrected chi connectivity index (χ2v) is 7.63. The van der Waals surface area contributed by atoms with Gasteiger partial charge in [-0.05, 0) is 30.7 Å². The molecule has 168 valence electrons. The minimum Gasteiger partial charge on any atom is -0.465 e. The number of likely N-dealkylation sites (N-methyl/N-ethyl adjacent to an activating group) is 1. The van der Waals surface area contributed by atoms with Crippen LogP contribution < -0.4 is 4.90 Å². The number of anilines is 1. The van der Waals surface area contributed by atoms with Crippen molar-refractivity contribution in [1.82, 2.24) is 4.90 Å². The first-order chi connectivity index (χ1) is 15.2. The van der Waals surface area contributed by atoms with Crippen LogP contribution in [0.25, 0.3) is 0 Å². The molecule has 2 amide bonds. The van der Waals surface area contributed by atoms with Crippen molar-refractivity contribution in [2.75, 3.05) is 32.2 Å². The molecule has 3 rings (SSSR count). The zero-order valence-electron chi connectivity index (χ0n) is 18.0. The van der Waals surface area contributed by atoms with Crippen molar-refractivity contribution in [3.63, 3.8) is 0 Å². The third kappa shape index (κ3) is 4.62. The van der Waals surface area contributed by atoms with Gasteiger partial charge in [0.1, 0.15) is 0 Å². The van der Waals surface area contributed by atoms with E-state index >= 15 is 0 Å². The number of amides is 2. The van der Waals surface area contributed by atoms with E-state index in [1.165, 1.54) is 32.0 Å². The van der Waals surface area contributed by atoms with E-state index in [-0.39, 0.29) is 30.2 Å². The normalized spacial score (nSPS) is 14.4. The lowest BCUT2D eigenvalue weighted by atomic mass is 10.1. The Balaban J connectivity index is 1.61. The minimum absolute atomic E-state index is 0.177. The molecule has 1 heterocycles. The van der Waals surface area contributed by atoms with E-state index in [1.54, 1.807) is 36.4 Å². The number of carbonyl (C=O) groups is 4. The lowest BCUT2D eigenvalue weighted by Crippen LogP contribution is -2.48. The summed E-state index contributed by atoms with van der Waals surface area (Å²) in [6, 6.07) is 13.4. The zero-order valence-corrected chi connectivity index (χ0v) is 18.0. The first-order valence-corrected chi connectivity index (χ1v) is 9.86. The van der Waals surface area contributed by atoms with Gasteiger partial charge >= 0.3 is 11.9 Å². The Kier molecular flexibility index (Phi) is 6.59. The van der Waals surface area contributed by atoms with Gasteiger partial charge in [-0.2, -0.15) is 0 Å². The van der Waals surface area contributed by atoms with Gasteiger partial charge in [-0.1, -0.05) is 30.3 Å².